The lowest BCUT2D eigenvalue weighted by atomic mass is 10.0. The van der Waals surface area contributed by atoms with Crippen LogP contribution in [0, 0.1) is 0 Å². The fourth-order valence-electron chi connectivity index (χ4n) is 4.42. The minimum Gasteiger partial charge on any atom is -0.396 e. The van der Waals surface area contributed by atoms with Gasteiger partial charge in [-0.1, -0.05) is 12.1 Å². The summed E-state index contributed by atoms with van der Waals surface area (Å²) in [5.74, 6) is -1.91. The van der Waals surface area contributed by atoms with E-state index >= 15 is 0 Å². The molecule has 2 saturated heterocycles. The first kappa shape index (κ1) is 20.6. The summed E-state index contributed by atoms with van der Waals surface area (Å²) in [6.07, 6.45) is 1.03. The van der Waals surface area contributed by atoms with Gasteiger partial charge >= 0.3 is 0 Å². The van der Waals surface area contributed by atoms with Crippen LogP contribution in [-0.2, 0) is 16.1 Å². The number of aliphatic hydroxyl groups is 1. The number of carbonyl (C=O) groups excluding carboxylic acids is 4. The van der Waals surface area contributed by atoms with Crippen molar-refractivity contribution in [3.8, 4) is 0 Å². The molecule has 2 N–H and O–H groups in total. The number of carbonyl (C=O) groups is 4. The van der Waals surface area contributed by atoms with E-state index in [1.165, 1.54) is 0 Å². The molecule has 30 heavy (non-hydrogen) atoms. The van der Waals surface area contributed by atoms with Gasteiger partial charge in [-0.2, -0.15) is 0 Å². The molecule has 9 heteroatoms. The van der Waals surface area contributed by atoms with E-state index in [-0.39, 0.29) is 25.4 Å². The molecule has 4 rings (SSSR count). The third kappa shape index (κ3) is 3.88. The van der Waals surface area contributed by atoms with Crippen LogP contribution < -0.4 is 5.32 Å². The third-order valence-electron chi connectivity index (χ3n) is 6.05. The van der Waals surface area contributed by atoms with Crippen molar-refractivity contribution in [3.05, 3.63) is 34.9 Å². The van der Waals surface area contributed by atoms with Gasteiger partial charge in [0.05, 0.1) is 11.1 Å². The Morgan fingerprint density at radius 2 is 1.73 bits per heavy atom. The largest absolute Gasteiger partial charge is 0.396 e. The van der Waals surface area contributed by atoms with Gasteiger partial charge in [0.2, 0.25) is 11.8 Å². The van der Waals surface area contributed by atoms with E-state index in [1.54, 1.807) is 12.1 Å². The summed E-state index contributed by atoms with van der Waals surface area (Å²) in [5, 5.41) is 11.2. The quantitative estimate of drug-likeness (QED) is 0.609. The molecule has 3 aliphatic rings. The predicted octanol–water partition coefficient (Wildman–Crippen LogP) is -0.412. The molecule has 3 heterocycles. The zero-order valence-electron chi connectivity index (χ0n) is 16.8. The van der Waals surface area contributed by atoms with E-state index in [0.29, 0.717) is 17.7 Å². The van der Waals surface area contributed by atoms with Crippen LogP contribution in [0.25, 0.3) is 0 Å². The monoisotopic (exact) mass is 414 g/mol. The predicted molar refractivity (Wildman–Crippen MR) is 107 cm³/mol. The number of imide groups is 2. The average Bonchev–Trinajstić information content (AvgIpc) is 2.99. The maximum absolute atomic E-state index is 13.2. The van der Waals surface area contributed by atoms with Crippen LogP contribution in [0.1, 0.15) is 45.5 Å². The Balaban J connectivity index is 1.48. The van der Waals surface area contributed by atoms with Gasteiger partial charge in [-0.15, -0.1) is 0 Å². The van der Waals surface area contributed by atoms with Crippen molar-refractivity contribution < 1.29 is 24.3 Å². The summed E-state index contributed by atoms with van der Waals surface area (Å²) in [7, 11) is 0. The number of nitrogens with one attached hydrogen (secondary N) is 1. The van der Waals surface area contributed by atoms with Crippen molar-refractivity contribution in [1.29, 1.82) is 0 Å². The van der Waals surface area contributed by atoms with Crippen LogP contribution in [-0.4, -0.2) is 88.8 Å². The number of benzene rings is 1. The van der Waals surface area contributed by atoms with Crippen LogP contribution in [0.5, 0.6) is 0 Å². The molecule has 4 amide bonds. The van der Waals surface area contributed by atoms with Gasteiger partial charge in [-0.3, -0.25) is 34.3 Å². The number of piperidine rings is 1. The van der Waals surface area contributed by atoms with Gasteiger partial charge in [0, 0.05) is 52.3 Å². The highest BCUT2D eigenvalue weighted by Crippen LogP contribution is 2.30. The molecule has 1 aromatic carbocycles. The molecule has 0 saturated carbocycles. The first-order valence-electron chi connectivity index (χ1n) is 10.4. The molecule has 0 aliphatic carbocycles. The molecule has 1 atom stereocenters. The number of amides is 4. The van der Waals surface area contributed by atoms with Crippen molar-refractivity contribution in [2.24, 2.45) is 0 Å². The maximum Gasteiger partial charge on any atom is 0.262 e. The number of rotatable bonds is 6. The normalized spacial score (nSPS) is 23.1. The number of piperazine rings is 1. The fraction of sp³-hybridized carbons (Fsp3) is 0.524. The molecule has 0 aromatic heterocycles. The summed E-state index contributed by atoms with van der Waals surface area (Å²) in [5.41, 5.74) is 1.48. The molecule has 0 spiro atoms. The Hall–Kier alpha value is -2.62. The zero-order chi connectivity index (χ0) is 21.3. The van der Waals surface area contributed by atoms with Crippen molar-refractivity contribution in [2.45, 2.75) is 31.8 Å². The van der Waals surface area contributed by atoms with Crippen molar-refractivity contribution in [2.75, 3.05) is 39.3 Å². The first-order chi connectivity index (χ1) is 14.5. The van der Waals surface area contributed by atoms with Gasteiger partial charge in [0.15, 0.2) is 0 Å². The molecular weight excluding hydrogens is 388 g/mol. The number of aliphatic hydroxyl groups excluding tert-OH is 1. The number of hydrogen-bond acceptors (Lipinski definition) is 7. The van der Waals surface area contributed by atoms with E-state index < -0.39 is 23.8 Å². The fourth-order valence-corrected chi connectivity index (χ4v) is 4.42. The zero-order valence-corrected chi connectivity index (χ0v) is 16.8. The standard InChI is InChI=1S/C21H26N4O5/c26-12-2-7-23-8-10-24(11-9-23)13-14-3-1-4-15-18(14)21(30)25(20(15)29)16-5-6-17(27)22-19(16)28/h1,3-4,16,26H,2,5-13H2,(H,22,27,28). The highest BCUT2D eigenvalue weighted by atomic mass is 16.3. The maximum atomic E-state index is 13.2. The van der Waals surface area contributed by atoms with Gasteiger partial charge in [-0.05, 0) is 24.5 Å². The Bertz CT molecular complexity index is 878. The Morgan fingerprint density at radius 3 is 2.43 bits per heavy atom. The van der Waals surface area contributed by atoms with Gasteiger partial charge in [0.1, 0.15) is 6.04 Å². The second-order valence-corrected chi connectivity index (χ2v) is 7.98. The summed E-state index contributed by atoms with van der Waals surface area (Å²) >= 11 is 0. The average molecular weight is 414 g/mol. The van der Waals surface area contributed by atoms with E-state index in [1.807, 2.05) is 6.07 Å². The third-order valence-corrected chi connectivity index (χ3v) is 6.05. The second kappa shape index (κ2) is 8.63. The molecular formula is C21H26N4O5. The van der Waals surface area contributed by atoms with Gasteiger partial charge in [0.25, 0.3) is 11.8 Å². The van der Waals surface area contributed by atoms with Gasteiger partial charge in [-0.25, -0.2) is 0 Å². The van der Waals surface area contributed by atoms with Crippen LogP contribution in [0.2, 0.25) is 0 Å². The lowest BCUT2D eigenvalue weighted by Gasteiger charge is -2.34. The summed E-state index contributed by atoms with van der Waals surface area (Å²) in [4.78, 5) is 55.3. The Labute approximate surface area is 174 Å². The summed E-state index contributed by atoms with van der Waals surface area (Å²) < 4.78 is 0. The second-order valence-electron chi connectivity index (χ2n) is 7.98. The van der Waals surface area contributed by atoms with Gasteiger partial charge < -0.3 is 10.0 Å². The first-order valence-corrected chi connectivity index (χ1v) is 10.4. The number of fused-ring (bicyclic) bond motifs is 1. The minimum absolute atomic E-state index is 0.108. The smallest absolute Gasteiger partial charge is 0.262 e. The van der Waals surface area contributed by atoms with Crippen LogP contribution in [0.15, 0.2) is 18.2 Å². The summed E-state index contributed by atoms with van der Waals surface area (Å²) in [6.45, 7) is 5.09. The Kier molecular flexibility index (Phi) is 5.94. The highest BCUT2D eigenvalue weighted by molar-refractivity contribution is 6.24. The molecule has 1 unspecified atom stereocenters. The van der Waals surface area contributed by atoms with E-state index in [0.717, 1.165) is 49.6 Å². The SMILES string of the molecule is O=C1CCC(N2C(=O)c3cccc(CN4CCN(CCCO)CC4)c3C2=O)C(=O)N1. The van der Waals surface area contributed by atoms with E-state index in [9.17, 15) is 19.2 Å². The molecule has 0 radical (unpaired) electrons. The Morgan fingerprint density at radius 1 is 1.00 bits per heavy atom. The van der Waals surface area contributed by atoms with Crippen LogP contribution >= 0.6 is 0 Å². The molecule has 1 aromatic rings. The topological polar surface area (TPSA) is 110 Å². The van der Waals surface area contributed by atoms with Crippen LogP contribution in [0.3, 0.4) is 0 Å². The van der Waals surface area contributed by atoms with E-state index in [4.69, 9.17) is 5.11 Å². The number of nitrogens with zero attached hydrogens (tertiary/aromatic N) is 3. The molecule has 3 aliphatic heterocycles. The molecule has 2 fully saturated rings. The van der Waals surface area contributed by atoms with Crippen LogP contribution in [0.4, 0.5) is 0 Å². The van der Waals surface area contributed by atoms with Crippen molar-refractivity contribution in [3.63, 3.8) is 0 Å². The highest BCUT2D eigenvalue weighted by Gasteiger charge is 2.45. The molecule has 9 nitrogen and oxygen atoms in total. The van der Waals surface area contributed by atoms with E-state index in [2.05, 4.69) is 15.1 Å². The lowest BCUT2D eigenvalue weighted by molar-refractivity contribution is -0.136. The molecule has 0 bridgehead atoms. The molecule has 160 valence electrons. The number of hydrogen-bond donors (Lipinski definition) is 2. The lowest BCUT2D eigenvalue weighted by Crippen LogP contribution is -2.54. The summed E-state index contributed by atoms with van der Waals surface area (Å²) in [6, 6.07) is 4.30. The van der Waals surface area contributed by atoms with Crippen molar-refractivity contribution >= 4 is 23.6 Å². The van der Waals surface area contributed by atoms with Crippen molar-refractivity contribution in [1.82, 2.24) is 20.0 Å². The minimum atomic E-state index is -0.946.